The minimum atomic E-state index is -0.891. The number of amides is 1. The van der Waals surface area contributed by atoms with Crippen LogP contribution in [0, 0.1) is 4.91 Å². The van der Waals surface area contributed by atoms with Crippen molar-refractivity contribution in [3.05, 3.63) is 4.91 Å². The van der Waals surface area contributed by atoms with Gasteiger partial charge in [0.2, 0.25) is 5.54 Å². The lowest BCUT2D eigenvalue weighted by molar-refractivity contribution is -0.692. The highest BCUT2D eigenvalue weighted by Gasteiger charge is 2.66. The Morgan fingerprint density at radius 3 is 1.80 bits per heavy atom. The average molecular weight is 283 g/mol. The summed E-state index contributed by atoms with van der Waals surface area (Å²) in [4.78, 5) is 27.9. The van der Waals surface area contributed by atoms with Crippen molar-refractivity contribution < 1.29 is 9.55 Å². The largest absolute Gasteiger partial charge is 0.325 e. The number of piperazine rings is 1. The third-order valence-electron chi connectivity index (χ3n) is 5.21. The van der Waals surface area contributed by atoms with Gasteiger partial charge < -0.3 is 4.90 Å². The second-order valence-corrected chi connectivity index (χ2v) is 7.03. The van der Waals surface area contributed by atoms with Crippen molar-refractivity contribution in [2.75, 3.05) is 6.54 Å². The number of hydrogen-bond donors (Lipinski definition) is 0. The van der Waals surface area contributed by atoms with E-state index >= 15 is 0 Å². The van der Waals surface area contributed by atoms with E-state index in [9.17, 15) is 9.70 Å². The van der Waals surface area contributed by atoms with Crippen LogP contribution in [0.15, 0.2) is 0 Å². The lowest BCUT2D eigenvalue weighted by Crippen LogP contribution is -2.72. The zero-order chi connectivity index (χ0) is 15.8. The molecule has 1 amide bonds. The van der Waals surface area contributed by atoms with E-state index in [1.807, 2.05) is 18.7 Å². The summed E-state index contributed by atoms with van der Waals surface area (Å²) in [5.41, 5.74) is -1.59. The Hall–Kier alpha value is -0.930. The Kier molecular flexibility index (Phi) is 4.67. The van der Waals surface area contributed by atoms with Crippen molar-refractivity contribution in [3.8, 4) is 0 Å². The molecular weight excluding hydrogens is 252 g/mol. The highest BCUT2D eigenvalue weighted by Crippen LogP contribution is 2.40. The lowest BCUT2D eigenvalue weighted by Gasteiger charge is -2.48. The molecule has 1 aliphatic heterocycles. The molecule has 1 aliphatic rings. The molecule has 0 radical (unpaired) electrons. The van der Waals surface area contributed by atoms with Gasteiger partial charge in [0.25, 0.3) is 11.4 Å². The second-order valence-electron chi connectivity index (χ2n) is 7.03. The summed E-state index contributed by atoms with van der Waals surface area (Å²) in [6.07, 6.45) is 2.68. The monoisotopic (exact) mass is 283 g/mol. The quantitative estimate of drug-likeness (QED) is 0.741. The topological polar surface area (TPSA) is 40.4 Å². The van der Waals surface area contributed by atoms with Gasteiger partial charge in [0.15, 0.2) is 0 Å². The predicted octanol–water partition coefficient (Wildman–Crippen LogP) is 3.52. The molecule has 0 aromatic carbocycles. The van der Waals surface area contributed by atoms with Crippen molar-refractivity contribution in [2.45, 2.75) is 90.8 Å². The molecule has 4 nitrogen and oxygen atoms in total. The van der Waals surface area contributed by atoms with Crippen LogP contribution in [0.4, 0.5) is 0 Å². The first-order chi connectivity index (χ1) is 9.15. The highest BCUT2D eigenvalue weighted by atomic mass is 16.3. The summed E-state index contributed by atoms with van der Waals surface area (Å²) in [5, 5.41) is 0. The highest BCUT2D eigenvalue weighted by molar-refractivity contribution is 5.86. The van der Waals surface area contributed by atoms with E-state index in [0.717, 1.165) is 17.6 Å². The normalized spacial score (nSPS) is 22.2. The van der Waals surface area contributed by atoms with Gasteiger partial charge in [0, 0.05) is 40.9 Å². The molecule has 0 aromatic rings. The molecule has 0 bridgehead atoms. The third-order valence-corrected chi connectivity index (χ3v) is 5.21. The average Bonchev–Trinajstić information content (AvgIpc) is 2.40. The molecular formula is C16H31N2O2+. The van der Waals surface area contributed by atoms with Crippen LogP contribution in [0.25, 0.3) is 0 Å². The van der Waals surface area contributed by atoms with Crippen LogP contribution < -0.4 is 0 Å². The van der Waals surface area contributed by atoms with Crippen molar-refractivity contribution in [1.82, 2.24) is 4.90 Å². The van der Waals surface area contributed by atoms with Crippen molar-refractivity contribution in [2.24, 2.45) is 0 Å². The van der Waals surface area contributed by atoms with Crippen LogP contribution in [-0.4, -0.2) is 38.7 Å². The molecule has 0 aromatic heterocycles. The van der Waals surface area contributed by atoms with Gasteiger partial charge in [-0.25, -0.2) is 0 Å². The van der Waals surface area contributed by atoms with E-state index in [2.05, 4.69) is 34.6 Å². The fourth-order valence-corrected chi connectivity index (χ4v) is 3.36. The third kappa shape index (κ3) is 2.27. The zero-order valence-corrected chi connectivity index (χ0v) is 14.2. The van der Waals surface area contributed by atoms with E-state index in [0.29, 0.717) is 19.4 Å². The van der Waals surface area contributed by atoms with Gasteiger partial charge in [-0.2, -0.15) is 0 Å². The molecule has 0 unspecified atom stereocenters. The van der Waals surface area contributed by atoms with Crippen LogP contribution in [0.1, 0.15) is 74.1 Å². The summed E-state index contributed by atoms with van der Waals surface area (Å²) in [5.74, 6) is 0.00234. The minimum Gasteiger partial charge on any atom is -0.325 e. The molecule has 1 rings (SSSR count). The molecule has 116 valence electrons. The van der Waals surface area contributed by atoms with Crippen LogP contribution in [0.3, 0.4) is 0 Å². The van der Waals surface area contributed by atoms with E-state index in [1.165, 1.54) is 0 Å². The maximum Gasteiger partial charge on any atom is 0.299 e. The zero-order valence-electron chi connectivity index (χ0n) is 14.2. The lowest BCUT2D eigenvalue weighted by atomic mass is 9.77. The smallest absolute Gasteiger partial charge is 0.299 e. The fourth-order valence-electron chi connectivity index (χ4n) is 3.36. The first-order valence-corrected chi connectivity index (χ1v) is 7.94. The minimum absolute atomic E-state index is 0.00234. The number of carbonyl (C=O) groups is 1. The van der Waals surface area contributed by atoms with Gasteiger partial charge in [-0.15, -0.1) is 0 Å². The summed E-state index contributed by atoms with van der Waals surface area (Å²) < 4.78 is 1.16. The molecule has 0 N–H and O–H groups in total. The van der Waals surface area contributed by atoms with Gasteiger partial charge in [-0.05, 0) is 20.8 Å². The molecule has 0 aliphatic carbocycles. The van der Waals surface area contributed by atoms with Crippen molar-refractivity contribution in [3.63, 3.8) is 0 Å². The van der Waals surface area contributed by atoms with Crippen LogP contribution in [0.2, 0.25) is 0 Å². The first kappa shape index (κ1) is 17.1. The van der Waals surface area contributed by atoms with Crippen molar-refractivity contribution >= 4 is 5.91 Å². The molecule has 0 spiro atoms. The van der Waals surface area contributed by atoms with Gasteiger partial charge >= 0.3 is 0 Å². The van der Waals surface area contributed by atoms with Crippen LogP contribution >= 0.6 is 0 Å². The summed E-state index contributed by atoms with van der Waals surface area (Å²) in [6.45, 7) is 14.7. The first-order valence-electron chi connectivity index (χ1n) is 7.94. The standard InChI is InChI=1S/C16H31N2O2/c1-8-15(9-2)12-17(14(5,6)7)13(19)16(10-3,11-4)18(15)20/h8-12H2,1-7H3/q+1. The van der Waals surface area contributed by atoms with Gasteiger partial charge in [-0.1, -0.05) is 27.7 Å². The van der Waals surface area contributed by atoms with Crippen molar-refractivity contribution in [1.29, 1.82) is 0 Å². The SMILES string of the molecule is CCC1(CC)CN(C(C)(C)C)C(=O)C(CC)(CC)[N+]1=O. The molecule has 1 saturated heterocycles. The van der Waals surface area contributed by atoms with Crippen LogP contribution in [0.5, 0.6) is 0 Å². The Labute approximate surface area is 123 Å². The molecule has 1 heterocycles. The summed E-state index contributed by atoms with van der Waals surface area (Å²) in [6, 6.07) is 0. The Balaban J connectivity index is 3.45. The number of carbonyl (C=O) groups excluding carboxylic acids is 1. The Bertz CT molecular complexity index is 388. The maximum atomic E-state index is 13.0. The number of nitrogens with zero attached hydrogens (tertiary/aromatic N) is 2. The van der Waals surface area contributed by atoms with Gasteiger partial charge in [0.1, 0.15) is 0 Å². The van der Waals surface area contributed by atoms with E-state index in [1.54, 1.807) is 0 Å². The molecule has 0 atom stereocenters. The maximum absolute atomic E-state index is 13.0. The number of nitroso groups, excluding NO2 is 1. The fraction of sp³-hybridized carbons (Fsp3) is 0.938. The second kappa shape index (κ2) is 5.45. The van der Waals surface area contributed by atoms with E-state index < -0.39 is 11.1 Å². The molecule has 4 heteroatoms. The predicted molar refractivity (Wildman–Crippen MR) is 81.7 cm³/mol. The molecule has 1 fully saturated rings. The summed E-state index contributed by atoms with van der Waals surface area (Å²) >= 11 is 0. The molecule has 20 heavy (non-hydrogen) atoms. The van der Waals surface area contributed by atoms with Gasteiger partial charge in [-0.3, -0.25) is 4.79 Å². The number of rotatable bonds is 4. The number of hydrogen-bond acceptors (Lipinski definition) is 2. The van der Waals surface area contributed by atoms with E-state index in [-0.39, 0.29) is 11.4 Å². The van der Waals surface area contributed by atoms with E-state index in [4.69, 9.17) is 0 Å². The van der Waals surface area contributed by atoms with Crippen LogP contribution in [-0.2, 0) is 4.79 Å². The summed E-state index contributed by atoms with van der Waals surface area (Å²) in [7, 11) is 0. The Morgan fingerprint density at radius 2 is 1.50 bits per heavy atom. The van der Waals surface area contributed by atoms with Gasteiger partial charge in [0.05, 0.1) is 6.54 Å². The Morgan fingerprint density at radius 1 is 1.05 bits per heavy atom. The molecule has 0 saturated carbocycles.